The Morgan fingerprint density at radius 1 is 1.07 bits per heavy atom. The summed E-state index contributed by atoms with van der Waals surface area (Å²) in [7, 11) is 0. The van der Waals surface area contributed by atoms with E-state index in [0.29, 0.717) is 6.54 Å². The van der Waals surface area contributed by atoms with E-state index >= 15 is 0 Å². The van der Waals surface area contributed by atoms with Gasteiger partial charge in [-0.2, -0.15) is 0 Å². The summed E-state index contributed by atoms with van der Waals surface area (Å²) in [6.07, 6.45) is 6.01. The van der Waals surface area contributed by atoms with Crippen LogP contribution in [0.1, 0.15) is 46.0 Å². The normalized spacial score (nSPS) is 20.9. The third-order valence-corrected chi connectivity index (χ3v) is 6.26. The topological polar surface area (TPSA) is 56.8 Å². The van der Waals surface area contributed by atoms with E-state index in [9.17, 15) is 4.79 Å². The largest absolute Gasteiger partial charge is 0.379 e. The monoisotopic (exact) mass is 388 g/mol. The average molecular weight is 389 g/mol. The summed E-state index contributed by atoms with van der Waals surface area (Å²) in [5, 5.41) is 6.20. The molecule has 0 aliphatic carbocycles. The van der Waals surface area contributed by atoms with Gasteiger partial charge in [-0.05, 0) is 38.3 Å². The molecule has 2 fully saturated rings. The van der Waals surface area contributed by atoms with Gasteiger partial charge >= 0.3 is 6.03 Å². The smallest absolute Gasteiger partial charge is 0.319 e. The predicted molar refractivity (Wildman–Crippen MR) is 115 cm³/mol. The molecule has 0 aromatic heterocycles. The van der Waals surface area contributed by atoms with E-state index in [0.717, 1.165) is 57.2 Å². The van der Waals surface area contributed by atoms with Crippen LogP contribution in [0.3, 0.4) is 0 Å². The summed E-state index contributed by atoms with van der Waals surface area (Å²) in [5.74, 6) is 0. The Kier molecular flexibility index (Phi) is 7.57. The Hall–Kier alpha value is -1.79. The highest BCUT2D eigenvalue weighted by molar-refractivity contribution is 5.93. The van der Waals surface area contributed by atoms with Crippen molar-refractivity contribution >= 4 is 17.4 Å². The first kappa shape index (κ1) is 20.9. The lowest BCUT2D eigenvalue weighted by Gasteiger charge is -2.43. The van der Waals surface area contributed by atoms with Crippen molar-refractivity contribution in [2.24, 2.45) is 0 Å². The summed E-state index contributed by atoms with van der Waals surface area (Å²) in [6.45, 7) is 10.5. The van der Waals surface area contributed by atoms with E-state index in [1.807, 2.05) is 12.1 Å². The third kappa shape index (κ3) is 5.39. The Morgan fingerprint density at radius 3 is 2.43 bits per heavy atom. The molecule has 6 nitrogen and oxygen atoms in total. The number of nitrogens with zero attached hydrogens (tertiary/aromatic N) is 2. The first-order valence-corrected chi connectivity index (χ1v) is 10.8. The van der Waals surface area contributed by atoms with Crippen molar-refractivity contribution in [3.05, 3.63) is 24.3 Å². The Balaban J connectivity index is 1.60. The maximum atomic E-state index is 12.7. The molecule has 0 saturated carbocycles. The third-order valence-electron chi connectivity index (χ3n) is 6.26. The van der Waals surface area contributed by atoms with Gasteiger partial charge in [0.2, 0.25) is 0 Å². The van der Waals surface area contributed by atoms with Crippen molar-refractivity contribution in [2.45, 2.75) is 51.5 Å². The van der Waals surface area contributed by atoms with E-state index in [1.54, 1.807) is 0 Å². The Bertz CT molecular complexity index is 625. The summed E-state index contributed by atoms with van der Waals surface area (Å²) in [5.41, 5.74) is 1.98. The molecule has 28 heavy (non-hydrogen) atoms. The number of carbonyl (C=O) groups is 1. The van der Waals surface area contributed by atoms with Gasteiger partial charge in [-0.25, -0.2) is 4.79 Å². The summed E-state index contributed by atoms with van der Waals surface area (Å²) in [4.78, 5) is 17.5. The molecule has 3 rings (SSSR count). The summed E-state index contributed by atoms with van der Waals surface area (Å²) in [6, 6.07) is 8.03. The molecule has 2 heterocycles. The van der Waals surface area contributed by atoms with Gasteiger partial charge in [-0.1, -0.05) is 31.9 Å². The predicted octanol–water partition coefficient (Wildman–Crippen LogP) is 3.69. The number of urea groups is 1. The van der Waals surface area contributed by atoms with Crippen LogP contribution in [-0.4, -0.2) is 62.4 Å². The maximum absolute atomic E-state index is 12.7. The molecule has 2 aliphatic rings. The Labute approximate surface area is 169 Å². The fourth-order valence-electron chi connectivity index (χ4n) is 4.17. The summed E-state index contributed by atoms with van der Waals surface area (Å²) < 4.78 is 5.48. The number of para-hydroxylation sites is 2. The fourth-order valence-corrected chi connectivity index (χ4v) is 4.17. The van der Waals surface area contributed by atoms with Crippen molar-refractivity contribution in [2.75, 3.05) is 56.2 Å². The van der Waals surface area contributed by atoms with Gasteiger partial charge in [0, 0.05) is 38.3 Å². The molecule has 1 atom stereocenters. The van der Waals surface area contributed by atoms with Crippen molar-refractivity contribution in [3.63, 3.8) is 0 Å². The van der Waals surface area contributed by atoms with E-state index in [1.165, 1.54) is 25.7 Å². The van der Waals surface area contributed by atoms with E-state index in [4.69, 9.17) is 4.74 Å². The standard InChI is InChI=1S/C22H36N4O2/c1-3-22(2,26-14-16-28-17-15-26)18-23-21(27)24-19-10-6-7-11-20(19)25-12-8-4-5-9-13-25/h6-7,10-11H,3-5,8-9,12-18H2,1-2H3,(H2,23,24,27). The van der Waals surface area contributed by atoms with E-state index in [-0.39, 0.29) is 11.6 Å². The van der Waals surface area contributed by atoms with E-state index in [2.05, 4.69) is 46.4 Å². The highest BCUT2D eigenvalue weighted by atomic mass is 16.5. The second kappa shape index (κ2) is 10.1. The molecule has 0 radical (unpaired) electrons. The molecule has 2 N–H and O–H groups in total. The minimum Gasteiger partial charge on any atom is -0.379 e. The van der Waals surface area contributed by atoms with Gasteiger partial charge < -0.3 is 20.3 Å². The fraction of sp³-hybridized carbons (Fsp3) is 0.682. The highest BCUT2D eigenvalue weighted by Gasteiger charge is 2.31. The highest BCUT2D eigenvalue weighted by Crippen LogP contribution is 2.28. The van der Waals surface area contributed by atoms with Crippen LogP contribution < -0.4 is 15.5 Å². The van der Waals surface area contributed by atoms with Crippen molar-refractivity contribution in [1.82, 2.24) is 10.2 Å². The summed E-state index contributed by atoms with van der Waals surface area (Å²) >= 11 is 0. The number of anilines is 2. The number of amides is 2. The molecule has 2 amide bonds. The number of carbonyl (C=O) groups excluding carboxylic acids is 1. The second-order valence-electron chi connectivity index (χ2n) is 8.18. The minimum atomic E-state index is -0.129. The molecule has 2 aliphatic heterocycles. The lowest BCUT2D eigenvalue weighted by atomic mass is 9.95. The second-order valence-corrected chi connectivity index (χ2v) is 8.18. The lowest BCUT2D eigenvalue weighted by Crippen LogP contribution is -2.57. The molecular formula is C22H36N4O2. The van der Waals surface area contributed by atoms with E-state index < -0.39 is 0 Å². The zero-order chi connectivity index (χ0) is 19.8. The number of morpholine rings is 1. The van der Waals surface area contributed by atoms with Crippen LogP contribution in [-0.2, 0) is 4.74 Å². The van der Waals surface area contributed by atoms with Gasteiger partial charge in [-0.3, -0.25) is 4.90 Å². The first-order chi connectivity index (χ1) is 13.6. The van der Waals surface area contributed by atoms with Crippen LogP contribution in [0.15, 0.2) is 24.3 Å². The number of benzene rings is 1. The zero-order valence-electron chi connectivity index (χ0n) is 17.5. The minimum absolute atomic E-state index is 0.0502. The Morgan fingerprint density at radius 2 is 1.75 bits per heavy atom. The van der Waals surface area contributed by atoms with Gasteiger partial charge in [-0.15, -0.1) is 0 Å². The van der Waals surface area contributed by atoms with Gasteiger partial charge in [0.05, 0.1) is 24.6 Å². The van der Waals surface area contributed by atoms with Crippen molar-refractivity contribution in [1.29, 1.82) is 0 Å². The van der Waals surface area contributed by atoms with Crippen LogP contribution in [0.5, 0.6) is 0 Å². The molecule has 1 unspecified atom stereocenters. The molecular weight excluding hydrogens is 352 g/mol. The number of ether oxygens (including phenoxy) is 1. The van der Waals surface area contributed by atoms with Crippen molar-refractivity contribution < 1.29 is 9.53 Å². The molecule has 6 heteroatoms. The molecule has 2 saturated heterocycles. The van der Waals surface area contributed by atoms with Crippen LogP contribution in [0.2, 0.25) is 0 Å². The van der Waals surface area contributed by atoms with Crippen LogP contribution in [0.4, 0.5) is 16.2 Å². The molecule has 156 valence electrons. The van der Waals surface area contributed by atoms with Gasteiger partial charge in [0.15, 0.2) is 0 Å². The lowest BCUT2D eigenvalue weighted by molar-refractivity contribution is -0.0163. The zero-order valence-corrected chi connectivity index (χ0v) is 17.5. The van der Waals surface area contributed by atoms with Crippen molar-refractivity contribution in [3.8, 4) is 0 Å². The SMILES string of the molecule is CCC(C)(CNC(=O)Nc1ccccc1N1CCCCCC1)N1CCOCC1. The van der Waals surface area contributed by atoms with Crippen LogP contribution >= 0.6 is 0 Å². The maximum Gasteiger partial charge on any atom is 0.319 e. The van der Waals surface area contributed by atoms with Gasteiger partial charge in [0.25, 0.3) is 0 Å². The molecule has 0 bridgehead atoms. The molecule has 0 spiro atoms. The molecule has 1 aromatic carbocycles. The number of nitrogens with one attached hydrogen (secondary N) is 2. The van der Waals surface area contributed by atoms with Gasteiger partial charge in [0.1, 0.15) is 0 Å². The number of hydrogen-bond acceptors (Lipinski definition) is 4. The number of rotatable bonds is 6. The quantitative estimate of drug-likeness (QED) is 0.780. The molecule has 1 aromatic rings. The average Bonchev–Trinajstić information content (AvgIpc) is 3.02. The number of hydrogen-bond donors (Lipinski definition) is 2. The first-order valence-electron chi connectivity index (χ1n) is 10.8. The van der Waals surface area contributed by atoms with Crippen LogP contribution in [0.25, 0.3) is 0 Å². The van der Waals surface area contributed by atoms with Crippen LogP contribution in [0, 0.1) is 0 Å².